The molecule has 3 heterocycles. The molecule has 0 saturated carbocycles. The Hall–Kier alpha value is -3.37. The topological polar surface area (TPSA) is 71.3 Å². The number of carbonyl (C=O) groups is 1. The van der Waals surface area contributed by atoms with Gasteiger partial charge in [0.1, 0.15) is 23.6 Å². The predicted octanol–water partition coefficient (Wildman–Crippen LogP) is 3.51. The van der Waals surface area contributed by atoms with Crippen LogP contribution in [0.5, 0.6) is 0 Å². The number of fused-ring (bicyclic) bond motifs is 1. The Kier molecular flexibility index (Phi) is 6.63. The van der Waals surface area contributed by atoms with Crippen LogP contribution >= 0.6 is 0 Å². The van der Waals surface area contributed by atoms with Crippen molar-refractivity contribution in [3.8, 4) is 0 Å². The maximum absolute atomic E-state index is 14.6. The maximum atomic E-state index is 14.6. The molecule has 0 unspecified atom stereocenters. The van der Waals surface area contributed by atoms with E-state index in [1.54, 1.807) is 30.0 Å². The molecular formula is C23H23BF3N5O2. The van der Waals surface area contributed by atoms with Crippen LogP contribution < -0.4 is 10.5 Å². The fraction of sp³-hybridized carbons (Fsp3) is 0.391. The van der Waals surface area contributed by atoms with Gasteiger partial charge in [-0.05, 0) is 24.8 Å². The number of amides is 1. The van der Waals surface area contributed by atoms with E-state index in [4.69, 9.17) is 7.85 Å². The predicted molar refractivity (Wildman–Crippen MR) is 123 cm³/mol. The first kappa shape index (κ1) is 23.8. The molecule has 3 aromatic rings. The zero-order valence-electron chi connectivity index (χ0n) is 18.8. The lowest BCUT2D eigenvalue weighted by molar-refractivity contribution is 0.146. The zero-order valence-corrected chi connectivity index (χ0v) is 18.8. The van der Waals surface area contributed by atoms with Gasteiger partial charge in [-0.25, -0.2) is 23.1 Å². The molecule has 0 N–H and O–H groups in total. The molecule has 0 bridgehead atoms. The molecule has 7 nitrogen and oxygen atoms in total. The highest BCUT2D eigenvalue weighted by Gasteiger charge is 2.26. The second-order valence-electron chi connectivity index (χ2n) is 8.48. The molecule has 1 aromatic carbocycles. The van der Waals surface area contributed by atoms with Crippen molar-refractivity contribution in [2.24, 2.45) is 7.05 Å². The number of halogens is 3. The van der Waals surface area contributed by atoms with E-state index in [1.807, 2.05) is 0 Å². The fourth-order valence-corrected chi connectivity index (χ4v) is 4.51. The molecule has 0 spiro atoms. The molecule has 11 heteroatoms. The highest BCUT2D eigenvalue weighted by atomic mass is 19.3. The molecule has 176 valence electrons. The number of anilines is 1. The van der Waals surface area contributed by atoms with Crippen LogP contribution in [0.2, 0.25) is 0 Å². The summed E-state index contributed by atoms with van der Waals surface area (Å²) in [7, 11) is 8.66. The first-order chi connectivity index (χ1) is 16.2. The molecule has 1 amide bonds. The summed E-state index contributed by atoms with van der Waals surface area (Å²) < 4.78 is 42.3. The molecular weight excluding hydrogens is 446 g/mol. The summed E-state index contributed by atoms with van der Waals surface area (Å²) in [6.45, 7) is 0.908. The van der Waals surface area contributed by atoms with Crippen LogP contribution in [-0.2, 0) is 13.6 Å². The van der Waals surface area contributed by atoms with Crippen molar-refractivity contribution in [2.75, 3.05) is 25.0 Å². The standard InChI is InChI=1S/C23H23BF3N5O2/c1-30(11-14-4-3-5-15(18(14)25)19(26)27)20-17-10-16(13-6-8-32(9-7-13)23(24)34)22(33)31(2)21(17)29-12-28-20/h3-5,10,12-13,19H,6-9,11H2,1-2H3. The van der Waals surface area contributed by atoms with E-state index in [9.17, 15) is 22.8 Å². The molecule has 0 atom stereocenters. The summed E-state index contributed by atoms with van der Waals surface area (Å²) in [6, 6.07) is 5.66. The van der Waals surface area contributed by atoms with Crippen LogP contribution in [-0.4, -0.2) is 53.2 Å². The third kappa shape index (κ3) is 4.38. The van der Waals surface area contributed by atoms with Crippen molar-refractivity contribution in [3.63, 3.8) is 0 Å². The van der Waals surface area contributed by atoms with Gasteiger partial charge in [0, 0.05) is 44.9 Å². The van der Waals surface area contributed by atoms with Gasteiger partial charge < -0.3 is 9.80 Å². The van der Waals surface area contributed by atoms with E-state index in [0.29, 0.717) is 48.3 Å². The van der Waals surface area contributed by atoms with E-state index in [1.165, 1.54) is 23.0 Å². The van der Waals surface area contributed by atoms with E-state index >= 15 is 0 Å². The molecule has 1 fully saturated rings. The third-order valence-electron chi connectivity index (χ3n) is 6.37. The smallest absolute Gasteiger partial charge is 0.266 e. The Morgan fingerprint density at radius 2 is 1.97 bits per heavy atom. The number of pyridine rings is 1. The Morgan fingerprint density at radius 1 is 1.26 bits per heavy atom. The molecule has 34 heavy (non-hydrogen) atoms. The van der Waals surface area contributed by atoms with Crippen molar-refractivity contribution < 1.29 is 18.0 Å². The first-order valence-corrected chi connectivity index (χ1v) is 10.8. The second kappa shape index (κ2) is 9.48. The van der Waals surface area contributed by atoms with E-state index in [2.05, 4.69) is 9.97 Å². The molecule has 4 rings (SSSR count). The lowest BCUT2D eigenvalue weighted by atomic mass is 9.88. The third-order valence-corrected chi connectivity index (χ3v) is 6.37. The monoisotopic (exact) mass is 469 g/mol. The van der Waals surface area contributed by atoms with Crippen LogP contribution in [0.15, 0.2) is 35.4 Å². The van der Waals surface area contributed by atoms with Gasteiger partial charge in [-0.2, -0.15) is 0 Å². The van der Waals surface area contributed by atoms with Gasteiger partial charge in [0.15, 0.2) is 5.81 Å². The average Bonchev–Trinajstić information content (AvgIpc) is 2.82. The molecule has 2 aromatic heterocycles. The summed E-state index contributed by atoms with van der Waals surface area (Å²) in [5, 5.41) is 0.588. The molecule has 1 saturated heterocycles. The molecule has 1 aliphatic rings. The van der Waals surface area contributed by atoms with E-state index in [0.717, 1.165) is 6.07 Å². The number of piperidine rings is 1. The minimum Gasteiger partial charge on any atom is -0.355 e. The van der Waals surface area contributed by atoms with E-state index < -0.39 is 23.6 Å². The lowest BCUT2D eigenvalue weighted by Crippen LogP contribution is -2.38. The van der Waals surface area contributed by atoms with Gasteiger partial charge in [-0.15, -0.1) is 0 Å². The number of carbonyl (C=O) groups excluding carboxylic acids is 1. The number of benzene rings is 1. The van der Waals surface area contributed by atoms with Crippen molar-refractivity contribution in [1.82, 2.24) is 19.4 Å². The SMILES string of the molecule is [B]C(=O)N1CCC(c2cc3c(N(C)Cc4cccc(C(F)F)c4F)ncnc3n(C)c2=O)CC1. The number of alkyl halides is 2. The number of nitrogens with zero attached hydrogens (tertiary/aromatic N) is 5. The highest BCUT2D eigenvalue weighted by molar-refractivity contribution is 6.56. The van der Waals surface area contributed by atoms with Crippen LogP contribution in [0.3, 0.4) is 0 Å². The number of hydrogen-bond donors (Lipinski definition) is 0. The Bertz CT molecular complexity index is 1290. The Morgan fingerprint density at radius 3 is 2.62 bits per heavy atom. The number of aromatic nitrogens is 3. The maximum Gasteiger partial charge on any atom is 0.266 e. The largest absolute Gasteiger partial charge is 0.355 e. The summed E-state index contributed by atoms with van der Waals surface area (Å²) >= 11 is 0. The van der Waals surface area contributed by atoms with Crippen LogP contribution in [0.4, 0.5) is 23.8 Å². The van der Waals surface area contributed by atoms with Gasteiger partial charge in [0.25, 0.3) is 12.0 Å². The highest BCUT2D eigenvalue weighted by Crippen LogP contribution is 2.31. The van der Waals surface area contributed by atoms with Crippen molar-refractivity contribution in [3.05, 3.63) is 63.5 Å². The van der Waals surface area contributed by atoms with Crippen LogP contribution in [0.25, 0.3) is 11.0 Å². The minimum atomic E-state index is -2.91. The molecule has 2 radical (unpaired) electrons. The summed E-state index contributed by atoms with van der Waals surface area (Å²) in [6.07, 6.45) is -0.421. The van der Waals surface area contributed by atoms with Gasteiger partial charge in [-0.1, -0.05) is 18.2 Å². The van der Waals surface area contributed by atoms with Crippen molar-refractivity contribution >= 4 is 30.5 Å². The molecule has 1 aliphatic heterocycles. The quantitative estimate of drug-likeness (QED) is 0.535. The minimum absolute atomic E-state index is 0.00627. The van der Waals surface area contributed by atoms with Gasteiger partial charge in [0.2, 0.25) is 7.85 Å². The van der Waals surface area contributed by atoms with E-state index in [-0.39, 0.29) is 23.6 Å². The van der Waals surface area contributed by atoms with Crippen molar-refractivity contribution in [1.29, 1.82) is 0 Å². The molecule has 0 aliphatic carbocycles. The normalized spacial score (nSPS) is 14.7. The number of hydrogen-bond acceptors (Lipinski definition) is 5. The first-order valence-electron chi connectivity index (χ1n) is 10.8. The number of aryl methyl sites for hydroxylation is 1. The number of rotatable bonds is 5. The summed E-state index contributed by atoms with van der Waals surface area (Å²) in [4.78, 5) is 36.3. The second-order valence-corrected chi connectivity index (χ2v) is 8.48. The summed E-state index contributed by atoms with van der Waals surface area (Å²) in [5.74, 6) is -1.06. The average molecular weight is 469 g/mol. The van der Waals surface area contributed by atoms with Gasteiger partial charge in [-0.3, -0.25) is 14.2 Å². The lowest BCUT2D eigenvalue weighted by Gasteiger charge is -2.32. The fourth-order valence-electron chi connectivity index (χ4n) is 4.51. The van der Waals surface area contributed by atoms with Crippen molar-refractivity contribution in [2.45, 2.75) is 31.7 Å². The Labute approximate surface area is 195 Å². The summed E-state index contributed by atoms with van der Waals surface area (Å²) in [5.41, 5.74) is 0.255. The zero-order chi connectivity index (χ0) is 24.6. The number of likely N-dealkylation sites (tertiary alicyclic amines) is 1. The Balaban J connectivity index is 1.71. The van der Waals surface area contributed by atoms with Crippen LogP contribution in [0, 0.1) is 5.82 Å². The van der Waals surface area contributed by atoms with Gasteiger partial charge in [0.05, 0.1) is 10.9 Å². The van der Waals surface area contributed by atoms with Crippen LogP contribution in [0.1, 0.15) is 41.9 Å². The van der Waals surface area contributed by atoms with Gasteiger partial charge >= 0.3 is 0 Å².